The molecule has 0 spiro atoms. The maximum Gasteiger partial charge on any atom is 0.306 e. The smallest absolute Gasteiger partial charge is 0.306 e. The second-order valence-corrected chi connectivity index (χ2v) is 27.7. The number of non-ortho nitro benzene ring substituents is 2. The van der Waals surface area contributed by atoms with Crippen molar-refractivity contribution in [3.63, 3.8) is 0 Å². The highest BCUT2D eigenvalue weighted by molar-refractivity contribution is 6.01. The summed E-state index contributed by atoms with van der Waals surface area (Å²) in [5, 5.41) is 63.9. The van der Waals surface area contributed by atoms with E-state index in [1.165, 1.54) is 0 Å². The van der Waals surface area contributed by atoms with Gasteiger partial charge in [-0.3, -0.25) is 50.6 Å². The Labute approximate surface area is 696 Å². The van der Waals surface area contributed by atoms with Gasteiger partial charge in [0.05, 0.1) is 69.6 Å². The molecule has 0 saturated carbocycles. The minimum atomic E-state index is -1.19. The van der Waals surface area contributed by atoms with Crippen LogP contribution in [0.2, 0.25) is 0 Å². The quantitative estimate of drug-likeness (QED) is 0.0459. The molecular weight excluding hydrogens is 1530 g/mol. The molecule has 0 amide bonds. The highest BCUT2D eigenvalue weighted by Crippen LogP contribution is 2.53. The van der Waals surface area contributed by atoms with E-state index in [-0.39, 0.29) is 16.7 Å². The molecule has 12 aromatic carbocycles. The first-order valence-electron chi connectivity index (χ1n) is 38.1. The van der Waals surface area contributed by atoms with Crippen LogP contribution in [0.3, 0.4) is 0 Å². The largest absolute Gasteiger partial charge is 0.354 e. The van der Waals surface area contributed by atoms with Crippen LogP contribution >= 0.6 is 0 Å². The number of nitrogens with one attached hydrogen (secondary N) is 2. The van der Waals surface area contributed by atoms with Crippen molar-refractivity contribution in [2.24, 2.45) is 0 Å². The minimum absolute atomic E-state index is 0.247. The molecule has 0 aliphatic carbocycles. The van der Waals surface area contributed by atoms with E-state index in [1.54, 1.807) is 12.1 Å². The third-order valence-electron chi connectivity index (χ3n) is 20.4. The van der Waals surface area contributed by atoms with Crippen LogP contribution in [0, 0.1) is 97.9 Å². The fourth-order valence-electron chi connectivity index (χ4n) is 14.9. The maximum atomic E-state index is 13.5. The number of hydrogen-bond donors (Lipinski definition) is 2. The van der Waals surface area contributed by atoms with Crippen LogP contribution in [-0.4, -0.2) is 44.6 Å². The first-order chi connectivity index (χ1) is 59.7. The maximum absolute atomic E-state index is 13.5. The molecule has 8 bridgehead atoms. The zero-order valence-corrected chi connectivity index (χ0v) is 64.0. The Morgan fingerprint density at radius 1 is 0.238 bits per heavy atom. The Balaban J connectivity index is 0.779. The lowest BCUT2D eigenvalue weighted by Crippen LogP contribution is -2.13. The van der Waals surface area contributed by atoms with Gasteiger partial charge in [0.2, 0.25) is 0 Å². The third kappa shape index (κ3) is 15.6. The monoisotopic (exact) mass is 1590 g/mol. The topological polar surface area (TPSA) is 283 Å². The normalized spacial score (nSPS) is 11.0. The Morgan fingerprint density at radius 2 is 0.500 bits per heavy atom. The van der Waals surface area contributed by atoms with Gasteiger partial charge in [-0.15, -0.1) is 0 Å². The van der Waals surface area contributed by atoms with E-state index in [4.69, 9.17) is 9.97 Å². The van der Waals surface area contributed by atoms with Gasteiger partial charge in [0.1, 0.15) is 11.1 Å². The van der Waals surface area contributed by atoms with Crippen LogP contribution in [0.1, 0.15) is 45.0 Å². The Morgan fingerprint density at radius 3 is 0.811 bits per heavy atom. The SMILES string of the molecule is O=[N+]([O-])c1ccc(-c2c([N+](=O)[O-])c(C#CC#Cc3c4nc(c(-c5ccccc5)c5ccc([nH]5)c(C#CC#Cc5ccc(N(c6ccc(N(c7ccccc7)c7ccccc7)cc6)c6ccc(N(c7ccccc7)c7ccccc7)cc6)cc5)c5nc(c(-c6ccccc6)c6ccc3[nH]6)C=C5)C=C4)c([N+](=O)[O-])c(-c3ccc([N+](=O)[O-])cc3)c2[N+](=O)[O-])cc1. The van der Waals surface area contributed by atoms with E-state index in [2.05, 4.69) is 181 Å². The number of nitro groups is 5. The van der Waals surface area contributed by atoms with Crippen molar-refractivity contribution in [2.45, 2.75) is 0 Å². The van der Waals surface area contributed by atoms with E-state index in [1.807, 2.05) is 182 Å². The Hall–Kier alpha value is -18.1. The summed E-state index contributed by atoms with van der Waals surface area (Å²) in [6.45, 7) is 0. The number of hydrogen-bond acceptors (Lipinski definition) is 15. The van der Waals surface area contributed by atoms with E-state index < -0.39 is 69.7 Å². The van der Waals surface area contributed by atoms with Gasteiger partial charge in [-0.1, -0.05) is 139 Å². The Kier molecular flexibility index (Phi) is 21.2. The number of para-hydroxylation sites is 4. The zero-order chi connectivity index (χ0) is 83.7. The first kappa shape index (κ1) is 76.5. The van der Waals surface area contributed by atoms with Gasteiger partial charge >= 0.3 is 11.4 Å². The summed E-state index contributed by atoms with van der Waals surface area (Å²) in [7, 11) is 0. The number of H-pyrrole nitrogens is 2. The molecule has 3 aromatic heterocycles. The van der Waals surface area contributed by atoms with Crippen LogP contribution < -0.4 is 14.7 Å². The molecule has 2 aliphatic rings. The van der Waals surface area contributed by atoms with Crippen LogP contribution in [-0.2, 0) is 0 Å². The second-order valence-electron chi connectivity index (χ2n) is 27.7. The number of anilines is 9. The third-order valence-corrected chi connectivity index (χ3v) is 20.4. The number of aromatic nitrogens is 4. The predicted octanol–water partition coefficient (Wildman–Crippen LogP) is 24.1. The number of nitro benzene ring substituents is 5. The van der Waals surface area contributed by atoms with E-state index in [0.717, 1.165) is 116 Å². The van der Waals surface area contributed by atoms with Crippen molar-refractivity contribution in [3.05, 3.63) is 423 Å². The molecule has 0 atom stereocenters. The van der Waals surface area contributed by atoms with Gasteiger partial charge in [-0.25, -0.2) is 9.97 Å². The summed E-state index contributed by atoms with van der Waals surface area (Å²) in [6.07, 6.45) is 7.37. The van der Waals surface area contributed by atoms with Crippen molar-refractivity contribution in [1.29, 1.82) is 0 Å². The summed E-state index contributed by atoms with van der Waals surface area (Å²) >= 11 is 0. The number of nitrogens with zero attached hydrogens (tertiary/aromatic N) is 10. The van der Waals surface area contributed by atoms with Crippen LogP contribution in [0.5, 0.6) is 0 Å². The number of rotatable bonds is 18. The summed E-state index contributed by atoms with van der Waals surface area (Å²) in [5.74, 6) is 24.0. The lowest BCUT2D eigenvalue weighted by atomic mass is 9.89. The standard InChI is InChI=1S/C100H60N12O10/c113-108(114)81-47-41-70(42-48-81)96-98(110(117)118)85(99(111(119)120)97(100(96)112(121)122)71-43-49-82(50-44-71)109(115)116)38-22-21-37-84-88-61-65-92(103-88)94(68-24-7-1-8-25-68)90-63-59-86(101-90)83(87-60-64-91(102-87)95(69-26-9-2-10-27-69)93-66-62-89(84)104-93)36-20-19-23-67-39-45-76(46-40-67)107(79-55-51-77(52-56-79)105(72-28-11-3-12-29-72)73-30-13-4-14-31-73)80-57-53-78(54-58-80)106(74-32-15-5-16-33-74)75-34-17-6-18-35-75/h1-18,24-35,39-66,101,104H. The van der Waals surface area contributed by atoms with Gasteiger partial charge in [-0.2, -0.15) is 0 Å². The van der Waals surface area contributed by atoms with Gasteiger partial charge in [-0.05, 0) is 258 Å². The zero-order valence-electron chi connectivity index (χ0n) is 64.0. The second kappa shape index (κ2) is 33.7. The minimum Gasteiger partial charge on any atom is -0.354 e. The highest BCUT2D eigenvalue weighted by atomic mass is 16.6. The molecule has 15 aromatic rings. The van der Waals surface area contributed by atoms with Crippen LogP contribution in [0.25, 0.3) is 90.9 Å². The molecule has 17 rings (SSSR count). The lowest BCUT2D eigenvalue weighted by Gasteiger charge is -2.29. The molecule has 2 aliphatic heterocycles. The first-order valence-corrected chi connectivity index (χ1v) is 38.1. The number of benzene rings is 12. The van der Waals surface area contributed by atoms with Gasteiger partial charge < -0.3 is 24.7 Å². The van der Waals surface area contributed by atoms with E-state index in [9.17, 15) is 50.6 Å². The molecule has 0 saturated heterocycles. The van der Waals surface area contributed by atoms with E-state index in [0.29, 0.717) is 61.5 Å². The average molecular weight is 1590 g/mol. The average Bonchev–Trinajstić information content (AvgIpc) is 1.33. The summed E-state index contributed by atoms with van der Waals surface area (Å²) < 4.78 is 0. The predicted molar refractivity (Wildman–Crippen MR) is 478 cm³/mol. The summed E-state index contributed by atoms with van der Waals surface area (Å²) in [5.41, 5.74) is 9.80. The molecule has 0 unspecified atom stereocenters. The Bertz CT molecular complexity index is 6870. The van der Waals surface area contributed by atoms with Crippen molar-refractivity contribution in [2.75, 3.05) is 14.7 Å². The summed E-state index contributed by atoms with van der Waals surface area (Å²) in [6, 6.07) is 101. The molecule has 0 fully saturated rings. The number of fused-ring (bicyclic) bond motifs is 8. The molecule has 0 radical (unpaired) electrons. The van der Waals surface area contributed by atoms with Crippen molar-refractivity contribution >= 4 is 126 Å². The van der Waals surface area contributed by atoms with Crippen LogP contribution in [0.15, 0.2) is 328 Å². The highest BCUT2D eigenvalue weighted by Gasteiger charge is 2.43. The molecule has 22 heteroatoms. The lowest BCUT2D eigenvalue weighted by molar-refractivity contribution is -0.401. The van der Waals surface area contributed by atoms with Crippen molar-refractivity contribution in [3.8, 4) is 91.9 Å². The van der Waals surface area contributed by atoms with Crippen LogP contribution in [0.4, 0.5) is 79.6 Å². The molecule has 2 N–H and O–H groups in total. The molecule has 22 nitrogen and oxygen atoms in total. The molecular formula is C100H60N12O10. The fourth-order valence-corrected chi connectivity index (χ4v) is 14.9. The molecule has 122 heavy (non-hydrogen) atoms. The van der Waals surface area contributed by atoms with E-state index >= 15 is 0 Å². The molecule has 580 valence electrons. The van der Waals surface area contributed by atoms with Gasteiger partial charge in [0, 0.05) is 103 Å². The van der Waals surface area contributed by atoms with Gasteiger partial charge in [0.25, 0.3) is 17.1 Å². The number of aromatic amines is 2. The summed E-state index contributed by atoms with van der Waals surface area (Å²) in [4.78, 5) is 83.6. The fraction of sp³-hybridized carbons (Fsp3) is 0. The van der Waals surface area contributed by atoms with Gasteiger partial charge in [0.15, 0.2) is 5.56 Å². The van der Waals surface area contributed by atoms with Crippen molar-refractivity contribution < 1.29 is 24.6 Å². The van der Waals surface area contributed by atoms with Crippen molar-refractivity contribution in [1.82, 2.24) is 19.9 Å². The molecule has 5 heterocycles.